The van der Waals surface area contributed by atoms with E-state index in [4.69, 9.17) is 25.8 Å². The third-order valence-corrected chi connectivity index (χ3v) is 4.37. The summed E-state index contributed by atoms with van der Waals surface area (Å²) in [6.07, 6.45) is -1.09. The SMILES string of the molecule is COc1cc(OC)c(NC(=O)CC2Oc3ccc(C)cc3NC2=O)cc1Cl. The molecule has 2 amide bonds. The summed E-state index contributed by atoms with van der Waals surface area (Å²) < 4.78 is 16.0. The fourth-order valence-electron chi connectivity index (χ4n) is 2.73. The molecule has 1 aliphatic heterocycles. The molecule has 1 unspecified atom stereocenters. The normalized spacial score (nSPS) is 15.3. The van der Waals surface area contributed by atoms with Crippen LogP contribution < -0.4 is 24.8 Å². The van der Waals surface area contributed by atoms with Gasteiger partial charge in [0.1, 0.15) is 17.2 Å². The number of fused-ring (bicyclic) bond motifs is 1. The van der Waals surface area contributed by atoms with E-state index in [9.17, 15) is 9.59 Å². The van der Waals surface area contributed by atoms with Crippen LogP contribution in [0.15, 0.2) is 30.3 Å². The van der Waals surface area contributed by atoms with Gasteiger partial charge in [-0.3, -0.25) is 9.59 Å². The fraction of sp³-hybridized carbons (Fsp3) is 0.263. The van der Waals surface area contributed by atoms with Gasteiger partial charge in [-0.25, -0.2) is 0 Å². The number of halogens is 1. The second-order valence-corrected chi connectivity index (χ2v) is 6.44. The van der Waals surface area contributed by atoms with Crippen molar-refractivity contribution in [2.24, 2.45) is 0 Å². The molecule has 1 atom stereocenters. The molecule has 0 radical (unpaired) electrons. The van der Waals surface area contributed by atoms with E-state index in [2.05, 4.69) is 10.6 Å². The molecule has 0 saturated carbocycles. The van der Waals surface area contributed by atoms with Gasteiger partial charge < -0.3 is 24.8 Å². The van der Waals surface area contributed by atoms with Gasteiger partial charge in [-0.2, -0.15) is 0 Å². The van der Waals surface area contributed by atoms with E-state index in [0.29, 0.717) is 33.6 Å². The first kappa shape index (κ1) is 18.8. The lowest BCUT2D eigenvalue weighted by Crippen LogP contribution is -2.39. The number of methoxy groups -OCH3 is 2. The van der Waals surface area contributed by atoms with Gasteiger partial charge in [0.25, 0.3) is 5.91 Å². The van der Waals surface area contributed by atoms with Crippen LogP contribution >= 0.6 is 11.6 Å². The maximum atomic E-state index is 12.4. The summed E-state index contributed by atoms with van der Waals surface area (Å²) in [6.45, 7) is 1.92. The quantitative estimate of drug-likeness (QED) is 0.817. The highest BCUT2D eigenvalue weighted by atomic mass is 35.5. The van der Waals surface area contributed by atoms with Crippen LogP contribution in [0.1, 0.15) is 12.0 Å². The molecular weight excluding hydrogens is 372 g/mol. The number of anilines is 2. The summed E-state index contributed by atoms with van der Waals surface area (Å²) in [5, 5.41) is 5.77. The van der Waals surface area contributed by atoms with Crippen LogP contribution in [0.25, 0.3) is 0 Å². The smallest absolute Gasteiger partial charge is 0.266 e. The Morgan fingerprint density at radius 2 is 1.96 bits per heavy atom. The average molecular weight is 391 g/mol. The first-order chi connectivity index (χ1) is 12.9. The predicted molar refractivity (Wildman–Crippen MR) is 102 cm³/mol. The molecule has 0 saturated heterocycles. The van der Waals surface area contributed by atoms with Crippen molar-refractivity contribution in [1.29, 1.82) is 0 Å². The molecule has 0 fully saturated rings. The van der Waals surface area contributed by atoms with Crippen LogP contribution in [-0.2, 0) is 9.59 Å². The average Bonchev–Trinajstić information content (AvgIpc) is 2.62. The number of carbonyl (C=O) groups is 2. The summed E-state index contributed by atoms with van der Waals surface area (Å²) in [4.78, 5) is 24.7. The molecule has 2 aromatic carbocycles. The van der Waals surface area contributed by atoms with E-state index < -0.39 is 12.0 Å². The lowest BCUT2D eigenvalue weighted by Gasteiger charge is -2.25. The molecule has 8 heteroatoms. The topological polar surface area (TPSA) is 85.9 Å². The minimum absolute atomic E-state index is 0.161. The zero-order chi connectivity index (χ0) is 19.6. The predicted octanol–water partition coefficient (Wildman–Crippen LogP) is 3.39. The van der Waals surface area contributed by atoms with Gasteiger partial charge in [0.2, 0.25) is 5.91 Å². The largest absolute Gasteiger partial charge is 0.495 e. The van der Waals surface area contributed by atoms with Gasteiger partial charge in [0.15, 0.2) is 6.10 Å². The first-order valence-electron chi connectivity index (χ1n) is 8.21. The van der Waals surface area contributed by atoms with Crippen LogP contribution in [-0.4, -0.2) is 32.1 Å². The number of rotatable bonds is 5. The van der Waals surface area contributed by atoms with Gasteiger partial charge in [-0.05, 0) is 30.7 Å². The molecule has 142 valence electrons. The van der Waals surface area contributed by atoms with Crippen LogP contribution in [0.5, 0.6) is 17.2 Å². The molecule has 1 aliphatic rings. The summed E-state index contributed by atoms with van der Waals surface area (Å²) in [6, 6.07) is 8.55. The van der Waals surface area contributed by atoms with Crippen LogP contribution in [0, 0.1) is 6.92 Å². The van der Waals surface area contributed by atoms with E-state index in [0.717, 1.165) is 5.56 Å². The molecule has 0 spiro atoms. The maximum Gasteiger partial charge on any atom is 0.266 e. The van der Waals surface area contributed by atoms with Crippen molar-refractivity contribution in [2.75, 3.05) is 24.9 Å². The molecule has 1 heterocycles. The van der Waals surface area contributed by atoms with Crippen molar-refractivity contribution in [3.05, 3.63) is 40.9 Å². The number of carbonyl (C=O) groups excluding carboxylic acids is 2. The van der Waals surface area contributed by atoms with Gasteiger partial charge in [-0.15, -0.1) is 0 Å². The number of hydrogen-bond donors (Lipinski definition) is 2. The first-order valence-corrected chi connectivity index (χ1v) is 8.58. The highest BCUT2D eigenvalue weighted by molar-refractivity contribution is 6.32. The van der Waals surface area contributed by atoms with E-state index in [1.54, 1.807) is 12.1 Å². The van der Waals surface area contributed by atoms with Gasteiger partial charge in [0, 0.05) is 6.07 Å². The van der Waals surface area contributed by atoms with E-state index in [1.807, 2.05) is 19.1 Å². The molecule has 0 bridgehead atoms. The summed E-state index contributed by atoms with van der Waals surface area (Å²) in [7, 11) is 2.95. The number of benzene rings is 2. The lowest BCUT2D eigenvalue weighted by molar-refractivity contribution is -0.128. The minimum Gasteiger partial charge on any atom is -0.495 e. The third kappa shape index (κ3) is 4.09. The zero-order valence-corrected chi connectivity index (χ0v) is 15.8. The van der Waals surface area contributed by atoms with Crippen molar-refractivity contribution in [3.8, 4) is 17.2 Å². The fourth-order valence-corrected chi connectivity index (χ4v) is 2.97. The van der Waals surface area contributed by atoms with E-state index in [-0.39, 0.29) is 12.3 Å². The van der Waals surface area contributed by atoms with Gasteiger partial charge in [-0.1, -0.05) is 17.7 Å². The molecule has 27 heavy (non-hydrogen) atoms. The maximum absolute atomic E-state index is 12.4. The monoisotopic (exact) mass is 390 g/mol. The zero-order valence-electron chi connectivity index (χ0n) is 15.1. The molecule has 7 nitrogen and oxygen atoms in total. The van der Waals surface area contributed by atoms with Crippen LogP contribution in [0.2, 0.25) is 5.02 Å². The van der Waals surface area contributed by atoms with Gasteiger partial charge >= 0.3 is 0 Å². The lowest BCUT2D eigenvalue weighted by atomic mass is 10.1. The van der Waals surface area contributed by atoms with Crippen molar-refractivity contribution in [2.45, 2.75) is 19.4 Å². The number of amides is 2. The second kappa shape index (κ2) is 7.75. The van der Waals surface area contributed by atoms with Crippen LogP contribution in [0.4, 0.5) is 11.4 Å². The molecule has 2 N–H and O–H groups in total. The van der Waals surface area contributed by atoms with Gasteiger partial charge in [0.05, 0.1) is 37.0 Å². The standard InChI is InChI=1S/C19H19ClN2O5/c1-10-4-5-14-12(6-10)22-19(24)17(27-14)9-18(23)21-13-7-11(20)15(25-2)8-16(13)26-3/h4-8,17H,9H2,1-3H3,(H,21,23)(H,22,24). The molecule has 0 aliphatic carbocycles. The van der Waals surface area contributed by atoms with Crippen LogP contribution in [0.3, 0.4) is 0 Å². The Kier molecular flexibility index (Phi) is 5.41. The number of ether oxygens (including phenoxy) is 3. The number of aryl methyl sites for hydroxylation is 1. The summed E-state index contributed by atoms with van der Waals surface area (Å²) in [5.41, 5.74) is 1.97. The molecule has 2 aromatic rings. The Balaban J connectivity index is 1.72. The van der Waals surface area contributed by atoms with Crippen molar-refractivity contribution in [1.82, 2.24) is 0 Å². The molecule has 3 rings (SSSR count). The van der Waals surface area contributed by atoms with E-state index >= 15 is 0 Å². The number of nitrogens with one attached hydrogen (secondary N) is 2. The Bertz CT molecular complexity index is 900. The second-order valence-electron chi connectivity index (χ2n) is 6.03. The highest BCUT2D eigenvalue weighted by Crippen LogP contribution is 2.36. The Morgan fingerprint density at radius 1 is 1.22 bits per heavy atom. The summed E-state index contributed by atoms with van der Waals surface area (Å²) in [5.74, 6) is 0.559. The van der Waals surface area contributed by atoms with Crippen molar-refractivity contribution < 1.29 is 23.8 Å². The Morgan fingerprint density at radius 3 is 2.67 bits per heavy atom. The molecular formula is C19H19ClN2O5. The Hall–Kier alpha value is -2.93. The van der Waals surface area contributed by atoms with Crippen molar-refractivity contribution >= 4 is 34.8 Å². The minimum atomic E-state index is -0.931. The molecule has 0 aromatic heterocycles. The Labute approximate surface area is 161 Å². The van der Waals surface area contributed by atoms with E-state index in [1.165, 1.54) is 20.3 Å². The summed E-state index contributed by atoms with van der Waals surface area (Å²) >= 11 is 6.11. The number of hydrogen-bond acceptors (Lipinski definition) is 5. The highest BCUT2D eigenvalue weighted by Gasteiger charge is 2.30. The third-order valence-electron chi connectivity index (χ3n) is 4.07. The van der Waals surface area contributed by atoms with Crippen molar-refractivity contribution in [3.63, 3.8) is 0 Å².